The molecule has 1 fully saturated rings. The molecule has 2 rings (SSSR count). The molecule has 1 amide bonds. The van der Waals surface area contributed by atoms with E-state index in [2.05, 4.69) is 0 Å². The molecule has 23 heavy (non-hydrogen) atoms. The number of amides is 1. The molecule has 0 N–H and O–H groups in total. The second-order valence-corrected chi connectivity index (χ2v) is 6.37. The number of nitrogens with zero attached hydrogens (tertiary/aromatic N) is 1. The van der Waals surface area contributed by atoms with Gasteiger partial charge in [0, 0.05) is 0 Å². The van der Waals surface area contributed by atoms with E-state index in [1.54, 1.807) is 36.1 Å². The number of carbonyl (C=O) groups excluding carboxylic acids is 2. The van der Waals surface area contributed by atoms with Gasteiger partial charge in [0.2, 0.25) is 0 Å². The standard InChI is InChI=1S/C17H23NO5/c1-5-21-15(19)12-6-8-13(9-7-12)22-14-10-18(11-14)16(20)23-17(2,3)4/h6-9,14H,5,10-11H2,1-4H3. The average molecular weight is 321 g/mol. The van der Waals surface area contributed by atoms with Crippen molar-refractivity contribution in [2.24, 2.45) is 0 Å². The van der Waals surface area contributed by atoms with E-state index in [1.807, 2.05) is 20.8 Å². The largest absolute Gasteiger partial charge is 0.487 e. The van der Waals surface area contributed by atoms with Gasteiger partial charge < -0.3 is 19.1 Å². The lowest BCUT2D eigenvalue weighted by Gasteiger charge is -2.39. The Labute approximate surface area is 136 Å². The summed E-state index contributed by atoms with van der Waals surface area (Å²) in [6, 6.07) is 6.78. The van der Waals surface area contributed by atoms with Crippen LogP contribution in [0.25, 0.3) is 0 Å². The van der Waals surface area contributed by atoms with Gasteiger partial charge in [-0.1, -0.05) is 0 Å². The Morgan fingerprint density at radius 3 is 2.30 bits per heavy atom. The summed E-state index contributed by atoms with van der Waals surface area (Å²) in [5.41, 5.74) is -0.00503. The van der Waals surface area contributed by atoms with Gasteiger partial charge in [0.25, 0.3) is 0 Å². The van der Waals surface area contributed by atoms with Crippen LogP contribution < -0.4 is 4.74 Å². The van der Waals surface area contributed by atoms with E-state index < -0.39 is 5.60 Å². The van der Waals surface area contributed by atoms with Crippen molar-refractivity contribution in [2.45, 2.75) is 39.4 Å². The maximum atomic E-state index is 11.8. The third-order valence-corrected chi connectivity index (χ3v) is 3.17. The monoisotopic (exact) mass is 321 g/mol. The molecular formula is C17H23NO5. The van der Waals surface area contributed by atoms with Gasteiger partial charge in [0.15, 0.2) is 0 Å². The van der Waals surface area contributed by atoms with Crippen LogP contribution in [0.3, 0.4) is 0 Å². The Hall–Kier alpha value is -2.24. The molecule has 0 saturated carbocycles. The van der Waals surface area contributed by atoms with Crippen molar-refractivity contribution in [3.8, 4) is 5.75 Å². The second-order valence-electron chi connectivity index (χ2n) is 6.37. The molecule has 1 aliphatic heterocycles. The number of esters is 1. The first-order chi connectivity index (χ1) is 10.8. The highest BCUT2D eigenvalue weighted by Crippen LogP contribution is 2.21. The molecule has 0 spiro atoms. The van der Waals surface area contributed by atoms with Crippen molar-refractivity contribution < 1.29 is 23.8 Å². The zero-order valence-corrected chi connectivity index (χ0v) is 14.0. The SMILES string of the molecule is CCOC(=O)c1ccc(OC2CN(C(=O)OC(C)(C)C)C2)cc1. The fourth-order valence-electron chi connectivity index (χ4n) is 2.06. The van der Waals surface area contributed by atoms with Crippen LogP contribution in [0.2, 0.25) is 0 Å². The van der Waals surface area contributed by atoms with E-state index in [4.69, 9.17) is 14.2 Å². The minimum absolute atomic E-state index is 0.0593. The summed E-state index contributed by atoms with van der Waals surface area (Å²) in [5.74, 6) is 0.311. The van der Waals surface area contributed by atoms with Gasteiger partial charge in [0.1, 0.15) is 17.5 Å². The minimum Gasteiger partial charge on any atom is -0.487 e. The predicted octanol–water partition coefficient (Wildman–Crippen LogP) is 2.86. The fourth-order valence-corrected chi connectivity index (χ4v) is 2.06. The van der Waals surface area contributed by atoms with Gasteiger partial charge >= 0.3 is 12.1 Å². The van der Waals surface area contributed by atoms with Crippen molar-refractivity contribution in [3.05, 3.63) is 29.8 Å². The quantitative estimate of drug-likeness (QED) is 0.798. The maximum Gasteiger partial charge on any atom is 0.410 e. The van der Waals surface area contributed by atoms with Crippen LogP contribution in [0.1, 0.15) is 38.1 Å². The van der Waals surface area contributed by atoms with Gasteiger partial charge in [-0.05, 0) is 52.0 Å². The van der Waals surface area contributed by atoms with Crippen molar-refractivity contribution >= 4 is 12.1 Å². The number of hydrogen-bond acceptors (Lipinski definition) is 5. The topological polar surface area (TPSA) is 65.1 Å². The van der Waals surface area contributed by atoms with Gasteiger partial charge in [-0.2, -0.15) is 0 Å². The minimum atomic E-state index is -0.494. The zero-order chi connectivity index (χ0) is 17.0. The van der Waals surface area contributed by atoms with Gasteiger partial charge in [-0.15, -0.1) is 0 Å². The number of carbonyl (C=O) groups is 2. The number of rotatable bonds is 4. The van der Waals surface area contributed by atoms with Crippen LogP contribution in [0.5, 0.6) is 5.75 Å². The van der Waals surface area contributed by atoms with E-state index in [-0.39, 0.29) is 18.2 Å². The lowest BCUT2D eigenvalue weighted by Crippen LogP contribution is -2.57. The molecule has 126 valence electrons. The highest BCUT2D eigenvalue weighted by Gasteiger charge is 2.35. The molecule has 6 nitrogen and oxygen atoms in total. The first-order valence-electron chi connectivity index (χ1n) is 7.70. The molecular weight excluding hydrogens is 298 g/mol. The summed E-state index contributed by atoms with van der Waals surface area (Å²) < 4.78 is 16.0. The van der Waals surface area contributed by atoms with Crippen molar-refractivity contribution in [1.82, 2.24) is 4.90 Å². The lowest BCUT2D eigenvalue weighted by molar-refractivity contribution is -0.0221. The Morgan fingerprint density at radius 1 is 1.17 bits per heavy atom. The van der Waals surface area contributed by atoms with Crippen LogP contribution in [0.15, 0.2) is 24.3 Å². The smallest absolute Gasteiger partial charge is 0.410 e. The Morgan fingerprint density at radius 2 is 1.78 bits per heavy atom. The molecule has 0 unspecified atom stereocenters. The maximum absolute atomic E-state index is 11.8. The van der Waals surface area contributed by atoms with E-state index in [9.17, 15) is 9.59 Å². The first kappa shape index (κ1) is 17.1. The molecule has 1 heterocycles. The summed E-state index contributed by atoms with van der Waals surface area (Å²) in [6.07, 6.45) is -0.383. The van der Waals surface area contributed by atoms with E-state index in [0.717, 1.165) is 0 Å². The van der Waals surface area contributed by atoms with Gasteiger partial charge in [-0.25, -0.2) is 9.59 Å². The first-order valence-corrected chi connectivity index (χ1v) is 7.70. The summed E-state index contributed by atoms with van der Waals surface area (Å²) in [5, 5.41) is 0. The van der Waals surface area contributed by atoms with Gasteiger partial charge in [0.05, 0.1) is 25.3 Å². The molecule has 0 atom stereocenters. The van der Waals surface area contributed by atoms with Crippen LogP contribution in [0, 0.1) is 0 Å². The third kappa shape index (κ3) is 4.87. The van der Waals surface area contributed by atoms with Crippen molar-refractivity contribution in [2.75, 3.05) is 19.7 Å². The molecule has 1 aromatic carbocycles. The number of hydrogen-bond donors (Lipinski definition) is 0. The van der Waals surface area contributed by atoms with E-state index in [1.165, 1.54) is 0 Å². The normalized spacial score (nSPS) is 14.9. The summed E-state index contributed by atoms with van der Waals surface area (Å²) in [6.45, 7) is 8.61. The van der Waals surface area contributed by atoms with Crippen molar-refractivity contribution in [3.63, 3.8) is 0 Å². The van der Waals surface area contributed by atoms with Crippen LogP contribution in [0.4, 0.5) is 4.79 Å². The van der Waals surface area contributed by atoms with Gasteiger partial charge in [-0.3, -0.25) is 0 Å². The molecule has 6 heteroatoms. The highest BCUT2D eigenvalue weighted by atomic mass is 16.6. The molecule has 1 saturated heterocycles. The predicted molar refractivity (Wildman–Crippen MR) is 84.6 cm³/mol. The highest BCUT2D eigenvalue weighted by molar-refractivity contribution is 5.89. The molecule has 1 aromatic rings. The average Bonchev–Trinajstić information content (AvgIpc) is 2.41. The van der Waals surface area contributed by atoms with E-state index >= 15 is 0 Å². The van der Waals surface area contributed by atoms with E-state index in [0.29, 0.717) is 31.0 Å². The Kier molecular flexibility index (Phi) is 5.13. The van der Waals surface area contributed by atoms with Crippen molar-refractivity contribution in [1.29, 1.82) is 0 Å². The number of likely N-dealkylation sites (tertiary alicyclic amines) is 1. The second kappa shape index (κ2) is 6.89. The summed E-state index contributed by atoms with van der Waals surface area (Å²) in [4.78, 5) is 25.0. The summed E-state index contributed by atoms with van der Waals surface area (Å²) in [7, 11) is 0. The van der Waals surface area contributed by atoms with Crippen LogP contribution >= 0.6 is 0 Å². The Bertz CT molecular complexity index is 555. The molecule has 0 radical (unpaired) electrons. The fraction of sp³-hybridized carbons (Fsp3) is 0.529. The molecule has 0 aliphatic carbocycles. The molecule has 0 aromatic heterocycles. The zero-order valence-electron chi connectivity index (χ0n) is 14.0. The Balaban J connectivity index is 1.79. The molecule has 0 bridgehead atoms. The van der Waals surface area contributed by atoms with Crippen LogP contribution in [-0.2, 0) is 9.47 Å². The third-order valence-electron chi connectivity index (χ3n) is 3.17. The lowest BCUT2D eigenvalue weighted by atomic mass is 10.1. The number of benzene rings is 1. The summed E-state index contributed by atoms with van der Waals surface area (Å²) >= 11 is 0. The van der Waals surface area contributed by atoms with Crippen LogP contribution in [-0.4, -0.2) is 48.4 Å². The molecule has 1 aliphatic rings. The number of ether oxygens (including phenoxy) is 3.